The van der Waals surface area contributed by atoms with Crippen LogP contribution < -0.4 is 0 Å². The van der Waals surface area contributed by atoms with Gasteiger partial charge in [0.1, 0.15) is 0 Å². The van der Waals surface area contributed by atoms with Gasteiger partial charge in [0.2, 0.25) is 0 Å². The summed E-state index contributed by atoms with van der Waals surface area (Å²) in [6.45, 7) is 3.62. The molecule has 16 heavy (non-hydrogen) atoms. The van der Waals surface area contributed by atoms with Gasteiger partial charge in [-0.15, -0.1) is 13.2 Å². The van der Waals surface area contributed by atoms with E-state index in [1.807, 2.05) is 19.9 Å². The zero-order chi connectivity index (χ0) is 12.2. The molecular weight excluding hydrogens is 221 g/mol. The molecule has 1 rings (SSSR count). The largest absolute Gasteiger partial charge is 0.522 e. The van der Waals surface area contributed by atoms with Crippen LogP contribution in [0.15, 0.2) is 6.07 Å². The minimum Gasteiger partial charge on any atom is -0.290 e. The van der Waals surface area contributed by atoms with Gasteiger partial charge in [0.15, 0.2) is 0 Å². The maximum absolute atomic E-state index is 11.8. The minimum absolute atomic E-state index is 0.128. The first-order valence-electron chi connectivity index (χ1n) is 5.22. The Kier molecular flexibility index (Phi) is 4.35. The molecule has 92 valence electrons. The molecule has 0 fully saturated rings. The van der Waals surface area contributed by atoms with Gasteiger partial charge in [-0.25, -0.2) is 0 Å². The number of hydrogen-bond donors (Lipinski definition) is 0. The molecule has 0 amide bonds. The molecule has 1 aromatic rings. The van der Waals surface area contributed by atoms with Gasteiger partial charge in [-0.3, -0.25) is 9.42 Å². The fourth-order valence-electron chi connectivity index (χ4n) is 1.41. The van der Waals surface area contributed by atoms with Gasteiger partial charge in [0.25, 0.3) is 0 Å². The van der Waals surface area contributed by atoms with Crippen LogP contribution in [0.3, 0.4) is 0 Å². The van der Waals surface area contributed by atoms with Crippen LogP contribution in [-0.2, 0) is 24.1 Å². The molecule has 0 N–H and O–H groups in total. The highest BCUT2D eigenvalue weighted by molar-refractivity contribution is 5.10. The monoisotopic (exact) mass is 236 g/mol. The lowest BCUT2D eigenvalue weighted by Gasteiger charge is -2.08. The van der Waals surface area contributed by atoms with E-state index in [0.29, 0.717) is 0 Å². The summed E-state index contributed by atoms with van der Waals surface area (Å²) in [6, 6.07) is 1.91. The maximum Gasteiger partial charge on any atom is 0.522 e. The molecule has 0 saturated carbocycles. The Balaban J connectivity index is 2.55. The van der Waals surface area contributed by atoms with E-state index in [4.69, 9.17) is 0 Å². The molecule has 0 unspecified atom stereocenters. The highest BCUT2D eigenvalue weighted by atomic mass is 19.4. The molecule has 1 aromatic heterocycles. The zero-order valence-corrected chi connectivity index (χ0v) is 9.34. The number of hydrogen-bond acceptors (Lipinski definition) is 2. The van der Waals surface area contributed by atoms with Crippen LogP contribution in [0.25, 0.3) is 0 Å². The van der Waals surface area contributed by atoms with Crippen molar-refractivity contribution in [2.24, 2.45) is 0 Å². The van der Waals surface area contributed by atoms with Crippen molar-refractivity contribution in [2.45, 2.75) is 39.6 Å². The van der Waals surface area contributed by atoms with Crippen molar-refractivity contribution >= 4 is 0 Å². The fourth-order valence-corrected chi connectivity index (χ4v) is 1.41. The lowest BCUT2D eigenvalue weighted by molar-refractivity contribution is -0.325. The Bertz CT molecular complexity index is 333. The van der Waals surface area contributed by atoms with Gasteiger partial charge in [0.05, 0.1) is 18.8 Å². The highest BCUT2D eigenvalue weighted by Crippen LogP contribution is 2.16. The first kappa shape index (κ1) is 13.0. The van der Waals surface area contributed by atoms with Crippen molar-refractivity contribution in [1.82, 2.24) is 9.78 Å². The van der Waals surface area contributed by atoms with Crippen molar-refractivity contribution in [3.8, 4) is 0 Å². The van der Waals surface area contributed by atoms with Crippen LogP contribution in [0.1, 0.15) is 25.2 Å². The van der Waals surface area contributed by atoms with E-state index in [2.05, 4.69) is 9.84 Å². The zero-order valence-electron chi connectivity index (χ0n) is 9.34. The number of ether oxygens (including phenoxy) is 1. The molecule has 0 bridgehead atoms. The number of rotatable bonds is 5. The van der Waals surface area contributed by atoms with Crippen LogP contribution in [0, 0.1) is 0 Å². The Morgan fingerprint density at radius 1 is 1.31 bits per heavy atom. The van der Waals surface area contributed by atoms with Gasteiger partial charge < -0.3 is 0 Å². The fraction of sp³-hybridized carbons (Fsp3) is 0.700. The lowest BCUT2D eigenvalue weighted by atomic mass is 10.3. The molecule has 6 heteroatoms. The summed E-state index contributed by atoms with van der Waals surface area (Å²) in [5.74, 6) is 0. The first-order valence-corrected chi connectivity index (χ1v) is 5.22. The molecule has 0 aromatic carbocycles. The summed E-state index contributed by atoms with van der Waals surface area (Å²) in [4.78, 5) is 0. The minimum atomic E-state index is -4.56. The Morgan fingerprint density at radius 2 is 2.00 bits per heavy atom. The van der Waals surface area contributed by atoms with E-state index < -0.39 is 13.0 Å². The standard InChI is InChI=1S/C10H15F3N2O/c1-3-8-7-9(4-2)15(14-8)5-6-16-10(11,12)13/h7H,3-6H2,1-2H3. The third-order valence-corrected chi connectivity index (χ3v) is 2.21. The van der Waals surface area contributed by atoms with Crippen molar-refractivity contribution in [1.29, 1.82) is 0 Å². The molecule has 0 aliphatic heterocycles. The second kappa shape index (κ2) is 5.34. The topological polar surface area (TPSA) is 27.1 Å². The van der Waals surface area contributed by atoms with Crippen molar-refractivity contribution < 1.29 is 17.9 Å². The van der Waals surface area contributed by atoms with Crippen LogP contribution >= 0.6 is 0 Å². The van der Waals surface area contributed by atoms with Crippen LogP contribution in [0.5, 0.6) is 0 Å². The van der Waals surface area contributed by atoms with E-state index in [9.17, 15) is 13.2 Å². The predicted molar refractivity (Wildman–Crippen MR) is 53.0 cm³/mol. The Labute approximate surface area is 92.2 Å². The summed E-state index contributed by atoms with van der Waals surface area (Å²) in [5, 5.41) is 4.19. The summed E-state index contributed by atoms with van der Waals surface area (Å²) in [6.07, 6.45) is -3.04. The van der Waals surface area contributed by atoms with Crippen molar-refractivity contribution in [3.05, 3.63) is 17.5 Å². The van der Waals surface area contributed by atoms with Crippen LogP contribution in [0.4, 0.5) is 13.2 Å². The quantitative estimate of drug-likeness (QED) is 0.785. The summed E-state index contributed by atoms with van der Waals surface area (Å²) < 4.78 is 40.6. The van der Waals surface area contributed by atoms with E-state index in [1.54, 1.807) is 4.68 Å². The molecule has 0 aliphatic carbocycles. The molecule has 0 atom stereocenters. The van der Waals surface area contributed by atoms with E-state index in [-0.39, 0.29) is 6.54 Å². The van der Waals surface area contributed by atoms with Crippen LogP contribution in [0.2, 0.25) is 0 Å². The predicted octanol–water partition coefficient (Wildman–Crippen LogP) is 2.54. The Hall–Kier alpha value is -1.04. The SMILES string of the molecule is CCc1cc(CC)n(CCOC(F)(F)F)n1. The first-order chi connectivity index (χ1) is 7.46. The van der Waals surface area contributed by atoms with E-state index >= 15 is 0 Å². The van der Waals surface area contributed by atoms with Crippen LogP contribution in [-0.4, -0.2) is 22.7 Å². The third-order valence-electron chi connectivity index (χ3n) is 2.21. The molecule has 0 saturated heterocycles. The molecular formula is C10H15F3N2O. The van der Waals surface area contributed by atoms with Crippen molar-refractivity contribution in [3.63, 3.8) is 0 Å². The lowest BCUT2D eigenvalue weighted by Crippen LogP contribution is -2.18. The number of alkyl halides is 3. The average molecular weight is 236 g/mol. The summed E-state index contributed by atoms with van der Waals surface area (Å²) in [7, 11) is 0. The summed E-state index contributed by atoms with van der Waals surface area (Å²) >= 11 is 0. The van der Waals surface area contributed by atoms with Gasteiger partial charge in [0, 0.05) is 5.69 Å². The number of halogens is 3. The molecule has 1 heterocycles. The number of nitrogens with zero attached hydrogens (tertiary/aromatic N) is 2. The second-order valence-corrected chi connectivity index (χ2v) is 3.35. The average Bonchev–Trinajstić information content (AvgIpc) is 2.58. The highest BCUT2D eigenvalue weighted by Gasteiger charge is 2.28. The van der Waals surface area contributed by atoms with E-state index in [1.165, 1.54) is 0 Å². The molecule has 0 radical (unpaired) electrons. The molecule has 3 nitrogen and oxygen atoms in total. The molecule has 0 aliphatic rings. The maximum atomic E-state index is 11.8. The van der Waals surface area contributed by atoms with Gasteiger partial charge in [-0.1, -0.05) is 13.8 Å². The van der Waals surface area contributed by atoms with Gasteiger partial charge in [-0.2, -0.15) is 5.10 Å². The second-order valence-electron chi connectivity index (χ2n) is 3.35. The van der Waals surface area contributed by atoms with Crippen molar-refractivity contribution in [2.75, 3.05) is 6.61 Å². The Morgan fingerprint density at radius 3 is 2.50 bits per heavy atom. The summed E-state index contributed by atoms with van der Waals surface area (Å²) in [5.41, 5.74) is 1.83. The van der Waals surface area contributed by atoms with Gasteiger partial charge >= 0.3 is 6.36 Å². The molecule has 0 spiro atoms. The smallest absolute Gasteiger partial charge is 0.290 e. The normalized spacial score (nSPS) is 12.1. The van der Waals surface area contributed by atoms with E-state index in [0.717, 1.165) is 24.2 Å². The number of aryl methyl sites for hydroxylation is 2. The third kappa shape index (κ3) is 3.84. The van der Waals surface area contributed by atoms with Gasteiger partial charge in [-0.05, 0) is 18.9 Å². The number of aromatic nitrogens is 2.